The lowest BCUT2D eigenvalue weighted by Gasteiger charge is -2.60. The van der Waals surface area contributed by atoms with Gasteiger partial charge >= 0.3 is 0 Å². The van der Waals surface area contributed by atoms with Gasteiger partial charge < -0.3 is 4.74 Å². The first-order chi connectivity index (χ1) is 16.4. The second kappa shape index (κ2) is 7.36. The van der Waals surface area contributed by atoms with E-state index in [2.05, 4.69) is 13.8 Å². The van der Waals surface area contributed by atoms with Crippen molar-refractivity contribution in [3.05, 3.63) is 41.5 Å². The molecule has 1 aliphatic heterocycles. The van der Waals surface area contributed by atoms with E-state index >= 15 is 0 Å². The first kappa shape index (κ1) is 23.6. The van der Waals surface area contributed by atoms with Gasteiger partial charge in [0, 0.05) is 11.8 Å². The van der Waals surface area contributed by atoms with Crippen molar-refractivity contribution < 1.29 is 26.9 Å². The average Bonchev–Trinajstić information content (AvgIpc) is 3.47. The van der Waals surface area contributed by atoms with Gasteiger partial charge in [0.1, 0.15) is 0 Å². The van der Waals surface area contributed by atoms with E-state index in [1.807, 2.05) is 13.0 Å². The minimum Gasteiger partial charge on any atom is -0.357 e. The third-order valence-corrected chi connectivity index (χ3v) is 11.7. The van der Waals surface area contributed by atoms with Crippen LogP contribution in [0.1, 0.15) is 64.9 Å². The zero-order chi connectivity index (χ0) is 25.0. The maximum atomic E-state index is 13.5. The molecule has 5 aliphatic rings. The van der Waals surface area contributed by atoms with E-state index in [1.165, 1.54) is 0 Å². The molecule has 1 heterocycles. The van der Waals surface area contributed by atoms with E-state index in [9.17, 15) is 18.0 Å². The Bertz CT molecular complexity index is 1250. The number of ketones is 2. The van der Waals surface area contributed by atoms with Crippen LogP contribution in [0, 0.1) is 35.5 Å². The number of hydrogen-bond acceptors (Lipinski definition) is 6. The summed E-state index contributed by atoms with van der Waals surface area (Å²) in [6.45, 7) is 7.84. The molecule has 4 aliphatic carbocycles. The van der Waals surface area contributed by atoms with Crippen LogP contribution in [0.3, 0.4) is 0 Å². The zero-order valence-corrected chi connectivity index (χ0v) is 21.7. The Morgan fingerprint density at radius 1 is 1.14 bits per heavy atom. The molecule has 35 heavy (non-hydrogen) atoms. The Kier molecular flexibility index (Phi) is 4.95. The quantitative estimate of drug-likeness (QED) is 0.447. The highest BCUT2D eigenvalue weighted by atomic mass is 32.2. The van der Waals surface area contributed by atoms with Gasteiger partial charge in [0.05, 0.1) is 17.1 Å². The Hall–Kier alpha value is -1.83. The Morgan fingerprint density at radius 2 is 1.86 bits per heavy atom. The van der Waals surface area contributed by atoms with Gasteiger partial charge in [-0.1, -0.05) is 37.1 Å². The molecule has 8 atom stereocenters. The minimum atomic E-state index is -4.01. The van der Waals surface area contributed by atoms with Gasteiger partial charge in [-0.05, 0) is 87.3 Å². The second-order valence-corrected chi connectivity index (χ2v) is 13.6. The summed E-state index contributed by atoms with van der Waals surface area (Å²) in [5, 5.41) is 0. The number of ether oxygens (including phenoxy) is 1. The Labute approximate surface area is 207 Å². The minimum absolute atomic E-state index is 0.0320. The first-order valence-electron chi connectivity index (χ1n) is 12.8. The van der Waals surface area contributed by atoms with Crippen LogP contribution >= 0.6 is 0 Å². The predicted molar refractivity (Wildman–Crippen MR) is 129 cm³/mol. The van der Waals surface area contributed by atoms with E-state index in [0.717, 1.165) is 30.4 Å². The van der Waals surface area contributed by atoms with Crippen LogP contribution in [-0.2, 0) is 28.6 Å². The average molecular weight is 499 g/mol. The number of Topliss-reactive ketones (excluding diaryl/α,β-unsaturated/α-hetero) is 1. The van der Waals surface area contributed by atoms with E-state index in [1.54, 1.807) is 31.2 Å². The molecule has 0 aromatic heterocycles. The molecule has 0 spiro atoms. The van der Waals surface area contributed by atoms with E-state index in [0.29, 0.717) is 19.3 Å². The van der Waals surface area contributed by atoms with Crippen molar-refractivity contribution in [1.82, 2.24) is 0 Å². The lowest BCUT2D eigenvalue weighted by Crippen LogP contribution is -2.60. The molecular weight excluding hydrogens is 464 g/mol. The second-order valence-electron chi connectivity index (χ2n) is 12.0. The number of carbonyl (C=O) groups is 2. The summed E-state index contributed by atoms with van der Waals surface area (Å²) in [5.41, 5.74) is 0.533. The van der Waals surface area contributed by atoms with Gasteiger partial charge in [-0.3, -0.25) is 13.8 Å². The fourth-order valence-corrected chi connectivity index (χ4v) is 9.82. The molecular formula is C28H34O6S. The summed E-state index contributed by atoms with van der Waals surface area (Å²) in [4.78, 5) is 25.3. The molecule has 0 N–H and O–H groups in total. The van der Waals surface area contributed by atoms with Crippen LogP contribution in [0.15, 0.2) is 40.8 Å². The van der Waals surface area contributed by atoms with Crippen molar-refractivity contribution in [3.63, 3.8) is 0 Å². The molecule has 4 fully saturated rings. The Morgan fingerprint density at radius 3 is 2.54 bits per heavy atom. The Balaban J connectivity index is 1.44. The molecule has 6 nitrogen and oxygen atoms in total. The molecule has 7 heteroatoms. The molecule has 6 rings (SSSR count). The van der Waals surface area contributed by atoms with E-state index in [4.69, 9.17) is 8.92 Å². The van der Waals surface area contributed by atoms with E-state index in [-0.39, 0.29) is 45.7 Å². The molecule has 0 unspecified atom stereocenters. The largest absolute Gasteiger partial charge is 0.357 e. The number of benzene rings is 1. The molecule has 1 aromatic rings. The highest BCUT2D eigenvalue weighted by molar-refractivity contribution is 7.86. The van der Waals surface area contributed by atoms with Crippen LogP contribution in [-0.4, -0.2) is 37.8 Å². The number of fused-ring (bicyclic) bond motifs is 7. The van der Waals surface area contributed by atoms with Crippen LogP contribution in [0.4, 0.5) is 0 Å². The summed E-state index contributed by atoms with van der Waals surface area (Å²) in [5.74, 6) is 0.655. The van der Waals surface area contributed by atoms with Crippen molar-refractivity contribution in [3.8, 4) is 0 Å². The maximum Gasteiger partial charge on any atom is 0.297 e. The van der Waals surface area contributed by atoms with Gasteiger partial charge in [-0.25, -0.2) is 0 Å². The molecule has 188 valence electrons. The van der Waals surface area contributed by atoms with Gasteiger partial charge in [0.15, 0.2) is 17.2 Å². The molecule has 3 saturated carbocycles. The maximum absolute atomic E-state index is 13.5. The highest BCUT2D eigenvalue weighted by Crippen LogP contribution is 2.73. The summed E-state index contributed by atoms with van der Waals surface area (Å²) < 4.78 is 39.3. The van der Waals surface area contributed by atoms with Crippen molar-refractivity contribution in [2.75, 3.05) is 0 Å². The van der Waals surface area contributed by atoms with Gasteiger partial charge in [-0.2, -0.15) is 8.42 Å². The number of hydrogen-bond donors (Lipinski definition) is 0. The smallest absolute Gasteiger partial charge is 0.297 e. The zero-order valence-electron chi connectivity index (χ0n) is 20.9. The summed E-state index contributed by atoms with van der Waals surface area (Å²) in [7, 11) is -4.01. The number of carbonyl (C=O) groups excluding carboxylic acids is 2. The fourth-order valence-electron chi connectivity index (χ4n) is 8.72. The first-order valence-corrected chi connectivity index (χ1v) is 14.3. The summed E-state index contributed by atoms with van der Waals surface area (Å²) in [6.07, 6.45) is 5.34. The van der Waals surface area contributed by atoms with Crippen LogP contribution in [0.25, 0.3) is 0 Å². The number of epoxide rings is 1. The third-order valence-electron chi connectivity index (χ3n) is 10.4. The van der Waals surface area contributed by atoms with Gasteiger partial charge in [-0.15, -0.1) is 0 Å². The lowest BCUT2D eigenvalue weighted by atomic mass is 9.45. The van der Waals surface area contributed by atoms with Crippen molar-refractivity contribution in [1.29, 1.82) is 0 Å². The predicted octanol–water partition coefficient (Wildman–Crippen LogP) is 4.55. The molecule has 1 saturated heterocycles. The molecule has 0 radical (unpaired) electrons. The molecule has 0 bridgehead atoms. The summed E-state index contributed by atoms with van der Waals surface area (Å²) in [6, 6.07) is 6.74. The number of allylic oxidation sites excluding steroid dienone is 1. The molecule has 0 amide bonds. The van der Waals surface area contributed by atoms with E-state index < -0.39 is 27.2 Å². The number of aryl methyl sites for hydroxylation is 1. The van der Waals surface area contributed by atoms with Crippen LogP contribution in [0.5, 0.6) is 0 Å². The SMILES string of the molecule is CC(=O)[C@@]12O[C@@H]1C[C@H]1[C@@H]3CCC4=CC(=O)CC[C@]4(C)[C@H]3[C@H](OS(=O)(=O)c3ccc(C)cc3)C[C@@]12C. The van der Waals surface area contributed by atoms with Gasteiger partial charge in [0.25, 0.3) is 10.1 Å². The monoisotopic (exact) mass is 498 g/mol. The standard InChI is InChI=1S/C28H34O6S/c1-16-5-8-20(9-6-16)35(31,32)34-23-15-27(4)22(14-24-28(27,33-24)17(2)29)21-10-7-18-13-19(30)11-12-26(18,3)25(21)23/h5-6,8-9,13,21-25H,7,10-12,14-15H2,1-4H3/t21-,22-,23+,24+,25+,26-,27-,28+/m0/s1. The summed E-state index contributed by atoms with van der Waals surface area (Å²) >= 11 is 0. The van der Waals surface area contributed by atoms with Crippen molar-refractivity contribution >= 4 is 21.7 Å². The molecule has 1 aromatic carbocycles. The number of rotatable bonds is 4. The highest BCUT2D eigenvalue weighted by Gasteiger charge is 2.80. The van der Waals surface area contributed by atoms with Gasteiger partial charge in [0.2, 0.25) is 0 Å². The lowest BCUT2D eigenvalue weighted by molar-refractivity contribution is -0.153. The van der Waals surface area contributed by atoms with Crippen LogP contribution in [0.2, 0.25) is 0 Å². The van der Waals surface area contributed by atoms with Crippen molar-refractivity contribution in [2.45, 2.75) is 88.9 Å². The fraction of sp³-hybridized carbons (Fsp3) is 0.643. The topological polar surface area (TPSA) is 90.0 Å². The van der Waals surface area contributed by atoms with Crippen LogP contribution < -0.4 is 0 Å². The normalized spacial score (nSPS) is 43.9. The van der Waals surface area contributed by atoms with Crippen molar-refractivity contribution in [2.24, 2.45) is 28.6 Å². The third kappa shape index (κ3) is 3.10.